The maximum absolute atomic E-state index is 8.55. The predicted octanol–water partition coefficient (Wildman–Crippen LogP) is 1.23. The molecule has 2 atom stereocenters. The summed E-state index contributed by atoms with van der Waals surface area (Å²) < 4.78 is 5.50. The van der Waals surface area contributed by atoms with Gasteiger partial charge in [0.05, 0.1) is 18.8 Å². The van der Waals surface area contributed by atoms with Crippen LogP contribution in [0.4, 0.5) is 0 Å². The smallest absolute Gasteiger partial charge is 0.133 e. The van der Waals surface area contributed by atoms with Gasteiger partial charge < -0.3 is 4.74 Å². The van der Waals surface area contributed by atoms with Gasteiger partial charge in [-0.25, -0.2) is 0 Å². The van der Waals surface area contributed by atoms with Crippen molar-refractivity contribution < 1.29 is 4.74 Å². The van der Waals surface area contributed by atoms with Gasteiger partial charge in [0.15, 0.2) is 0 Å². The lowest BCUT2D eigenvalue weighted by atomic mass is 10.2. The summed E-state index contributed by atoms with van der Waals surface area (Å²) in [6.45, 7) is 5.31. The van der Waals surface area contributed by atoms with Gasteiger partial charge in [-0.3, -0.25) is 4.90 Å². The third kappa shape index (κ3) is 3.51. The summed E-state index contributed by atoms with van der Waals surface area (Å²) >= 11 is 5.75. The molecule has 2 unspecified atom stereocenters. The number of ether oxygens (including phenoxy) is 1. The van der Waals surface area contributed by atoms with E-state index in [1.165, 1.54) is 0 Å². The van der Waals surface area contributed by atoms with E-state index in [9.17, 15) is 0 Å². The van der Waals surface area contributed by atoms with Crippen molar-refractivity contribution in [3.05, 3.63) is 0 Å². The summed E-state index contributed by atoms with van der Waals surface area (Å²) in [7, 11) is 0. The molecule has 13 heavy (non-hydrogen) atoms. The highest BCUT2D eigenvalue weighted by molar-refractivity contribution is 6.22. The molecule has 1 fully saturated rings. The van der Waals surface area contributed by atoms with Crippen molar-refractivity contribution in [2.45, 2.75) is 24.8 Å². The second kappa shape index (κ2) is 5.43. The van der Waals surface area contributed by atoms with Crippen LogP contribution in [0, 0.1) is 11.3 Å². The van der Waals surface area contributed by atoms with Crippen LogP contribution in [0.2, 0.25) is 0 Å². The van der Waals surface area contributed by atoms with Crippen molar-refractivity contribution in [1.29, 1.82) is 5.26 Å². The van der Waals surface area contributed by atoms with E-state index in [-0.39, 0.29) is 0 Å². The Labute approximate surface area is 84.2 Å². The van der Waals surface area contributed by atoms with Crippen LogP contribution in [-0.2, 0) is 4.74 Å². The quantitative estimate of drug-likeness (QED) is 0.646. The molecule has 0 saturated carbocycles. The third-order valence-electron chi connectivity index (χ3n) is 2.24. The highest BCUT2D eigenvalue weighted by Gasteiger charge is 2.20. The maximum atomic E-state index is 8.55. The Balaban J connectivity index is 2.30. The lowest BCUT2D eigenvalue weighted by Crippen LogP contribution is -2.44. The predicted molar refractivity (Wildman–Crippen MR) is 51.7 cm³/mol. The van der Waals surface area contributed by atoms with E-state index in [1.807, 2.05) is 6.07 Å². The van der Waals surface area contributed by atoms with E-state index in [0.717, 1.165) is 26.1 Å². The zero-order valence-electron chi connectivity index (χ0n) is 7.87. The van der Waals surface area contributed by atoms with Gasteiger partial charge in [-0.1, -0.05) is 6.92 Å². The molecule has 4 heteroatoms. The molecule has 0 radical (unpaired) electrons. The van der Waals surface area contributed by atoms with Crippen LogP contribution >= 0.6 is 11.6 Å². The normalized spacial score (nSPS) is 26.7. The number of hydrogen-bond donors (Lipinski definition) is 0. The van der Waals surface area contributed by atoms with Crippen LogP contribution in [0.25, 0.3) is 0 Å². The van der Waals surface area contributed by atoms with E-state index in [0.29, 0.717) is 12.6 Å². The number of morpholine rings is 1. The van der Waals surface area contributed by atoms with Crippen LogP contribution in [0.5, 0.6) is 0 Å². The highest BCUT2D eigenvalue weighted by atomic mass is 35.5. The summed E-state index contributed by atoms with van der Waals surface area (Å²) in [6.07, 6.45) is 1.34. The van der Waals surface area contributed by atoms with Crippen molar-refractivity contribution in [3.8, 4) is 6.07 Å². The van der Waals surface area contributed by atoms with Crippen molar-refractivity contribution in [2.24, 2.45) is 0 Å². The molecule has 0 aromatic carbocycles. The summed E-state index contributed by atoms with van der Waals surface area (Å²) in [4.78, 5) is 2.19. The number of nitrogens with zero attached hydrogens (tertiary/aromatic N) is 2. The van der Waals surface area contributed by atoms with Gasteiger partial charge in [0, 0.05) is 19.6 Å². The molecular formula is C9H15ClN2O. The minimum atomic E-state index is -0.393. The van der Waals surface area contributed by atoms with Gasteiger partial charge in [0.1, 0.15) is 5.38 Å². The Morgan fingerprint density at radius 2 is 2.54 bits per heavy atom. The largest absolute Gasteiger partial charge is 0.376 e. The SMILES string of the molecule is CCC1CN(CC(Cl)C#N)CCO1. The number of nitriles is 1. The van der Waals surface area contributed by atoms with Gasteiger partial charge in [0.25, 0.3) is 0 Å². The summed E-state index contributed by atoms with van der Waals surface area (Å²) in [5, 5.41) is 8.16. The van der Waals surface area contributed by atoms with E-state index in [2.05, 4.69) is 11.8 Å². The van der Waals surface area contributed by atoms with Crippen LogP contribution in [0.15, 0.2) is 0 Å². The average Bonchev–Trinajstić information content (AvgIpc) is 2.18. The van der Waals surface area contributed by atoms with Gasteiger partial charge in [-0.2, -0.15) is 5.26 Å². The van der Waals surface area contributed by atoms with Crippen LogP contribution in [-0.4, -0.2) is 42.6 Å². The minimum absolute atomic E-state index is 0.316. The average molecular weight is 203 g/mol. The third-order valence-corrected chi connectivity index (χ3v) is 2.47. The first kappa shape index (κ1) is 10.8. The first-order chi connectivity index (χ1) is 6.26. The zero-order valence-corrected chi connectivity index (χ0v) is 8.63. The Morgan fingerprint density at radius 1 is 1.77 bits per heavy atom. The molecule has 1 aliphatic heterocycles. The fraction of sp³-hybridized carbons (Fsp3) is 0.889. The first-order valence-corrected chi connectivity index (χ1v) is 5.07. The van der Waals surface area contributed by atoms with Crippen LogP contribution < -0.4 is 0 Å². The molecule has 1 aliphatic rings. The molecule has 1 rings (SSSR count). The molecule has 0 spiro atoms. The van der Waals surface area contributed by atoms with E-state index >= 15 is 0 Å². The molecule has 0 bridgehead atoms. The first-order valence-electron chi connectivity index (χ1n) is 4.64. The fourth-order valence-electron chi connectivity index (χ4n) is 1.46. The van der Waals surface area contributed by atoms with Gasteiger partial charge >= 0.3 is 0 Å². The van der Waals surface area contributed by atoms with Gasteiger partial charge in [-0.15, -0.1) is 11.6 Å². The fourth-order valence-corrected chi connectivity index (χ4v) is 1.66. The number of rotatable bonds is 3. The Morgan fingerprint density at radius 3 is 3.15 bits per heavy atom. The maximum Gasteiger partial charge on any atom is 0.133 e. The molecule has 1 saturated heterocycles. The summed E-state index contributed by atoms with van der Waals surface area (Å²) in [5.41, 5.74) is 0. The van der Waals surface area contributed by atoms with E-state index in [1.54, 1.807) is 0 Å². The standard InChI is InChI=1S/C9H15ClN2O/c1-2-9-7-12(3-4-13-9)6-8(10)5-11/h8-9H,2-4,6-7H2,1H3. The molecule has 3 nitrogen and oxygen atoms in total. The lowest BCUT2D eigenvalue weighted by Gasteiger charge is -2.32. The van der Waals surface area contributed by atoms with Crippen LogP contribution in [0.3, 0.4) is 0 Å². The molecule has 74 valence electrons. The summed E-state index contributed by atoms with van der Waals surface area (Å²) in [5.74, 6) is 0. The second-order valence-corrected chi connectivity index (χ2v) is 3.78. The Kier molecular flexibility index (Phi) is 4.51. The van der Waals surface area contributed by atoms with Crippen molar-refractivity contribution >= 4 is 11.6 Å². The lowest BCUT2D eigenvalue weighted by molar-refractivity contribution is -0.0285. The van der Waals surface area contributed by atoms with Crippen molar-refractivity contribution in [2.75, 3.05) is 26.2 Å². The number of hydrogen-bond acceptors (Lipinski definition) is 3. The second-order valence-electron chi connectivity index (χ2n) is 3.26. The Bertz CT molecular complexity index is 193. The number of halogens is 1. The van der Waals surface area contributed by atoms with Crippen molar-refractivity contribution in [3.63, 3.8) is 0 Å². The van der Waals surface area contributed by atoms with Crippen molar-refractivity contribution in [1.82, 2.24) is 4.90 Å². The van der Waals surface area contributed by atoms with Crippen LogP contribution in [0.1, 0.15) is 13.3 Å². The molecule has 0 aromatic heterocycles. The monoisotopic (exact) mass is 202 g/mol. The Hall–Kier alpha value is -0.300. The molecule has 0 amide bonds. The number of alkyl halides is 1. The summed E-state index contributed by atoms with van der Waals surface area (Å²) in [6, 6.07) is 2.03. The van der Waals surface area contributed by atoms with Gasteiger partial charge in [-0.05, 0) is 6.42 Å². The zero-order chi connectivity index (χ0) is 9.68. The molecule has 1 heterocycles. The van der Waals surface area contributed by atoms with E-state index < -0.39 is 5.38 Å². The van der Waals surface area contributed by atoms with Gasteiger partial charge in [0.2, 0.25) is 0 Å². The van der Waals surface area contributed by atoms with E-state index in [4.69, 9.17) is 21.6 Å². The molecular weight excluding hydrogens is 188 g/mol. The molecule has 0 aliphatic carbocycles. The topological polar surface area (TPSA) is 36.3 Å². The molecule has 0 N–H and O–H groups in total. The molecule has 0 aromatic rings. The highest BCUT2D eigenvalue weighted by Crippen LogP contribution is 2.09. The minimum Gasteiger partial charge on any atom is -0.376 e.